The number of ether oxygens (including phenoxy) is 1. The van der Waals surface area contributed by atoms with E-state index in [1.807, 2.05) is 24.5 Å². The Kier molecular flexibility index (Phi) is 9.39. The third-order valence-electron chi connectivity index (χ3n) is 12.6. The highest BCUT2D eigenvalue weighted by Crippen LogP contribution is 2.36. The minimum atomic E-state index is -0.684. The van der Waals surface area contributed by atoms with Crippen LogP contribution < -0.4 is 36.2 Å². The zero-order valence-electron chi connectivity index (χ0n) is 33.3. The molecule has 0 bridgehead atoms. The second-order valence-electron chi connectivity index (χ2n) is 16.0. The fraction of sp³-hybridized carbons (Fsp3) is 0.364. The molecule has 15 nitrogen and oxygen atoms in total. The van der Waals surface area contributed by atoms with Crippen LogP contribution in [0.4, 0.5) is 28.7 Å². The number of anilines is 5. The number of carbonyl (C=O) groups excluding carboxylic acids is 2. The van der Waals surface area contributed by atoms with Gasteiger partial charge in [0.2, 0.25) is 23.6 Å². The van der Waals surface area contributed by atoms with Crippen molar-refractivity contribution < 1.29 is 14.3 Å². The molecule has 3 fully saturated rings. The topological polar surface area (TPSA) is 155 Å². The van der Waals surface area contributed by atoms with Gasteiger partial charge in [-0.25, -0.2) is 19.7 Å². The van der Waals surface area contributed by atoms with E-state index in [0.29, 0.717) is 36.4 Å². The molecule has 6 aromatic rings. The van der Waals surface area contributed by atoms with Crippen LogP contribution in [-0.2, 0) is 16.6 Å². The van der Waals surface area contributed by atoms with Crippen molar-refractivity contribution in [3.05, 3.63) is 89.1 Å². The van der Waals surface area contributed by atoms with Gasteiger partial charge >= 0.3 is 5.69 Å². The molecule has 3 aromatic heterocycles. The highest BCUT2D eigenvalue weighted by molar-refractivity contribution is 6.00. The van der Waals surface area contributed by atoms with E-state index in [0.717, 1.165) is 109 Å². The van der Waals surface area contributed by atoms with E-state index in [4.69, 9.17) is 9.72 Å². The summed E-state index contributed by atoms with van der Waals surface area (Å²) in [5.41, 5.74) is 9.49. The van der Waals surface area contributed by atoms with E-state index < -0.39 is 11.9 Å². The standard InChI is InChI=1S/C44H47N11O4/c1-27-34(26-46-42-40(27)45-15-22-59-42)28-3-4-29-25-47-43(49-35(29)23-28)48-30-5-7-31(8-6-30)52-16-13-32(14-17-52)53-18-20-54(21-19-53)33-9-10-36-38(24-33)51(2)44(58)55(36)37-11-12-39(56)50-41(37)57/h3-10,23-26,32,37,45H,11-22H2,1-2H3,(H,47,48,49)(H,50,56,57). The van der Waals surface area contributed by atoms with Crippen LogP contribution in [0.5, 0.6) is 5.88 Å². The summed E-state index contributed by atoms with van der Waals surface area (Å²) in [6.45, 7) is 9.26. The molecular weight excluding hydrogens is 747 g/mol. The second kappa shape index (κ2) is 15.0. The minimum Gasteiger partial charge on any atom is -0.474 e. The maximum Gasteiger partial charge on any atom is 0.329 e. The van der Waals surface area contributed by atoms with E-state index >= 15 is 0 Å². The molecule has 1 unspecified atom stereocenters. The highest BCUT2D eigenvalue weighted by Gasteiger charge is 2.32. The number of piperazine rings is 1. The molecule has 3 N–H and O–H groups in total. The lowest BCUT2D eigenvalue weighted by Crippen LogP contribution is -2.53. The van der Waals surface area contributed by atoms with Crippen LogP contribution in [0, 0.1) is 6.92 Å². The van der Waals surface area contributed by atoms with E-state index in [9.17, 15) is 14.4 Å². The Morgan fingerprint density at radius 3 is 2.39 bits per heavy atom. The number of benzene rings is 3. The van der Waals surface area contributed by atoms with Gasteiger partial charge in [-0.05, 0) is 85.8 Å². The first-order valence-corrected chi connectivity index (χ1v) is 20.6. The molecule has 0 radical (unpaired) electrons. The Hall–Kier alpha value is -6.48. The molecule has 302 valence electrons. The molecule has 0 aliphatic carbocycles. The molecule has 59 heavy (non-hydrogen) atoms. The molecule has 3 aromatic carbocycles. The number of nitrogens with zero attached hydrogens (tertiary/aromatic N) is 8. The molecule has 7 heterocycles. The molecule has 10 rings (SSSR count). The van der Waals surface area contributed by atoms with Crippen LogP contribution in [0.1, 0.15) is 37.3 Å². The maximum absolute atomic E-state index is 13.3. The predicted molar refractivity (Wildman–Crippen MR) is 229 cm³/mol. The molecule has 1 atom stereocenters. The van der Waals surface area contributed by atoms with Gasteiger partial charge in [-0.2, -0.15) is 0 Å². The van der Waals surface area contributed by atoms with Crippen LogP contribution in [0.3, 0.4) is 0 Å². The third-order valence-corrected chi connectivity index (χ3v) is 12.6. The number of hydrogen-bond acceptors (Lipinski definition) is 12. The number of amides is 2. The normalized spacial score (nSPS) is 19.1. The van der Waals surface area contributed by atoms with Crippen molar-refractivity contribution in [2.75, 3.05) is 72.9 Å². The molecule has 2 amide bonds. The molecule has 4 aliphatic rings. The summed E-state index contributed by atoms with van der Waals surface area (Å²) >= 11 is 0. The van der Waals surface area contributed by atoms with Crippen molar-refractivity contribution in [1.29, 1.82) is 0 Å². The Balaban J connectivity index is 0.739. The summed E-state index contributed by atoms with van der Waals surface area (Å²) in [5, 5.41) is 10.2. The number of aromatic nitrogens is 5. The van der Waals surface area contributed by atoms with Gasteiger partial charge in [-0.3, -0.25) is 28.9 Å². The number of piperidine rings is 2. The Labute approximate surface area is 341 Å². The van der Waals surface area contributed by atoms with Crippen molar-refractivity contribution in [2.24, 2.45) is 7.05 Å². The Morgan fingerprint density at radius 2 is 1.59 bits per heavy atom. The van der Waals surface area contributed by atoms with E-state index in [1.165, 1.54) is 10.3 Å². The number of imidazole rings is 1. The number of hydrogen-bond donors (Lipinski definition) is 3. The fourth-order valence-corrected chi connectivity index (χ4v) is 9.26. The fourth-order valence-electron chi connectivity index (χ4n) is 9.26. The lowest BCUT2D eigenvalue weighted by Gasteiger charge is -2.43. The van der Waals surface area contributed by atoms with Gasteiger partial charge in [-0.15, -0.1) is 0 Å². The molecule has 15 heteroatoms. The predicted octanol–water partition coefficient (Wildman–Crippen LogP) is 4.97. The summed E-state index contributed by atoms with van der Waals surface area (Å²) in [5.74, 6) is 0.495. The van der Waals surface area contributed by atoms with Crippen molar-refractivity contribution in [2.45, 2.75) is 44.7 Å². The summed E-state index contributed by atoms with van der Waals surface area (Å²) in [7, 11) is 1.74. The summed E-state index contributed by atoms with van der Waals surface area (Å²) < 4.78 is 8.87. The number of rotatable bonds is 7. The van der Waals surface area contributed by atoms with Crippen LogP contribution in [0.15, 0.2) is 77.9 Å². The van der Waals surface area contributed by atoms with Crippen LogP contribution >= 0.6 is 0 Å². The third kappa shape index (κ3) is 6.88. The van der Waals surface area contributed by atoms with Crippen LogP contribution in [-0.4, -0.2) is 99.3 Å². The first-order chi connectivity index (χ1) is 28.8. The number of carbonyl (C=O) groups is 2. The first-order valence-electron chi connectivity index (χ1n) is 20.6. The largest absolute Gasteiger partial charge is 0.474 e. The summed E-state index contributed by atoms with van der Waals surface area (Å²) in [6, 6.07) is 20.7. The second-order valence-corrected chi connectivity index (χ2v) is 16.0. The Bertz CT molecular complexity index is 2660. The Morgan fingerprint density at radius 1 is 0.814 bits per heavy atom. The lowest BCUT2D eigenvalue weighted by molar-refractivity contribution is -0.135. The number of aryl methyl sites for hydroxylation is 1. The molecule has 0 saturated carbocycles. The number of imide groups is 1. The SMILES string of the molecule is Cc1c(-c2ccc3cnc(Nc4ccc(N5CCC(N6CCN(c7ccc8c(c7)n(C)c(=O)n8C7CCC(=O)NC7=O)CC6)CC5)cc4)nc3c2)cnc2c1NCCO2. The molecular formula is C44H47N11O4. The minimum absolute atomic E-state index is 0.225. The average molecular weight is 794 g/mol. The van der Waals surface area contributed by atoms with E-state index in [-0.39, 0.29) is 18.0 Å². The molecule has 0 spiro atoms. The highest BCUT2D eigenvalue weighted by atomic mass is 16.5. The van der Waals surface area contributed by atoms with Gasteiger partial charge in [-0.1, -0.05) is 12.1 Å². The average Bonchev–Trinajstić information content (AvgIpc) is 3.51. The van der Waals surface area contributed by atoms with Crippen LogP contribution in [0.2, 0.25) is 0 Å². The van der Waals surface area contributed by atoms with Crippen molar-refractivity contribution in [3.8, 4) is 17.0 Å². The van der Waals surface area contributed by atoms with Crippen molar-refractivity contribution in [1.82, 2.24) is 34.3 Å². The van der Waals surface area contributed by atoms with E-state index in [2.05, 4.69) is 96.1 Å². The van der Waals surface area contributed by atoms with Crippen LogP contribution in [0.25, 0.3) is 33.1 Å². The molecule has 3 saturated heterocycles. The number of pyridine rings is 1. The van der Waals surface area contributed by atoms with Gasteiger partial charge < -0.3 is 25.2 Å². The number of nitrogens with one attached hydrogen (secondary N) is 3. The zero-order chi connectivity index (χ0) is 40.2. The first kappa shape index (κ1) is 36.8. The van der Waals surface area contributed by atoms with Crippen molar-refractivity contribution >= 4 is 62.4 Å². The van der Waals surface area contributed by atoms with Crippen molar-refractivity contribution in [3.63, 3.8) is 0 Å². The van der Waals surface area contributed by atoms with Gasteiger partial charge in [0.15, 0.2) is 0 Å². The number of fused-ring (bicyclic) bond motifs is 3. The van der Waals surface area contributed by atoms with Gasteiger partial charge in [0.1, 0.15) is 18.3 Å². The summed E-state index contributed by atoms with van der Waals surface area (Å²) in [6.07, 6.45) is 6.50. The summed E-state index contributed by atoms with van der Waals surface area (Å²) in [4.78, 5) is 59.1. The quantitative estimate of drug-likeness (QED) is 0.187. The van der Waals surface area contributed by atoms with Gasteiger partial charge in [0.05, 0.1) is 16.6 Å². The van der Waals surface area contributed by atoms with E-state index in [1.54, 1.807) is 11.6 Å². The zero-order valence-corrected chi connectivity index (χ0v) is 33.3. The maximum atomic E-state index is 13.3. The lowest BCUT2D eigenvalue weighted by atomic mass is 10.00. The van der Waals surface area contributed by atoms with Gasteiger partial charge in [0.25, 0.3) is 0 Å². The smallest absolute Gasteiger partial charge is 0.329 e. The monoisotopic (exact) mass is 793 g/mol. The van der Waals surface area contributed by atoms with Gasteiger partial charge in [0, 0.05) is 106 Å². The molecule has 4 aliphatic heterocycles.